The van der Waals surface area contributed by atoms with Crippen LogP contribution in [0.4, 0.5) is 5.82 Å². The zero-order valence-electron chi connectivity index (χ0n) is 9.84. The average molecular weight is 239 g/mol. The van der Waals surface area contributed by atoms with Crippen LogP contribution in [0.1, 0.15) is 17.4 Å². The lowest BCUT2D eigenvalue weighted by Crippen LogP contribution is -2.38. The molecule has 0 fully saturated rings. The molecule has 1 aromatic heterocycles. The molecule has 0 aliphatic heterocycles. The van der Waals surface area contributed by atoms with Crippen LogP contribution in [0.3, 0.4) is 0 Å². The maximum atomic E-state index is 11.2. The minimum absolute atomic E-state index is 0.248. The van der Waals surface area contributed by atoms with E-state index in [1.54, 1.807) is 19.1 Å². The van der Waals surface area contributed by atoms with E-state index in [1.807, 2.05) is 0 Å². The van der Waals surface area contributed by atoms with Crippen LogP contribution < -0.4 is 16.4 Å². The fourth-order valence-electron chi connectivity index (χ4n) is 1.07. The highest BCUT2D eigenvalue weighted by molar-refractivity contribution is 5.91. The minimum Gasteiger partial charge on any atom is -0.392 e. The van der Waals surface area contributed by atoms with E-state index >= 15 is 0 Å². The van der Waals surface area contributed by atoms with Gasteiger partial charge in [0.2, 0.25) is 0 Å². The third-order valence-corrected chi connectivity index (χ3v) is 2.26. The number of nitrogens with zero attached hydrogens (tertiary/aromatic N) is 2. The molecule has 1 amide bonds. The van der Waals surface area contributed by atoms with E-state index in [1.165, 1.54) is 7.05 Å². The van der Waals surface area contributed by atoms with Crippen molar-refractivity contribution in [1.29, 1.82) is 0 Å². The van der Waals surface area contributed by atoms with Crippen LogP contribution in [-0.2, 0) is 0 Å². The van der Waals surface area contributed by atoms with Crippen molar-refractivity contribution < 1.29 is 9.90 Å². The van der Waals surface area contributed by atoms with E-state index in [2.05, 4.69) is 20.8 Å². The van der Waals surface area contributed by atoms with Crippen LogP contribution in [-0.4, -0.2) is 46.9 Å². The smallest absolute Gasteiger partial charge is 0.271 e. The molecule has 2 unspecified atom stereocenters. The lowest BCUT2D eigenvalue weighted by atomic mass is 10.2. The summed E-state index contributed by atoms with van der Waals surface area (Å²) in [6.07, 6.45) is -0.597. The van der Waals surface area contributed by atoms with Gasteiger partial charge in [0.1, 0.15) is 5.82 Å². The molecule has 1 rings (SSSR count). The molecular weight excluding hydrogens is 222 g/mol. The summed E-state index contributed by atoms with van der Waals surface area (Å²) < 4.78 is 0. The molecule has 94 valence electrons. The predicted molar refractivity (Wildman–Crippen MR) is 63.6 cm³/mol. The highest BCUT2D eigenvalue weighted by Gasteiger charge is 2.09. The monoisotopic (exact) mass is 239 g/mol. The van der Waals surface area contributed by atoms with Gasteiger partial charge in [0.05, 0.1) is 6.10 Å². The Morgan fingerprint density at radius 3 is 2.71 bits per heavy atom. The first-order chi connectivity index (χ1) is 8.04. The van der Waals surface area contributed by atoms with E-state index in [0.29, 0.717) is 12.4 Å². The molecule has 17 heavy (non-hydrogen) atoms. The Balaban J connectivity index is 2.54. The second-order valence-corrected chi connectivity index (χ2v) is 3.67. The van der Waals surface area contributed by atoms with Crippen molar-refractivity contribution in [3.8, 4) is 0 Å². The molecule has 0 saturated heterocycles. The number of rotatable bonds is 5. The summed E-state index contributed by atoms with van der Waals surface area (Å²) in [4.78, 5) is 11.2. The Morgan fingerprint density at radius 2 is 2.24 bits per heavy atom. The van der Waals surface area contributed by atoms with Crippen LogP contribution >= 0.6 is 0 Å². The second-order valence-electron chi connectivity index (χ2n) is 3.67. The maximum Gasteiger partial charge on any atom is 0.271 e. The number of aliphatic hydroxyl groups excluding tert-OH is 1. The molecule has 0 saturated carbocycles. The molecule has 2 atom stereocenters. The van der Waals surface area contributed by atoms with Gasteiger partial charge in [-0.1, -0.05) is 0 Å². The fourth-order valence-corrected chi connectivity index (χ4v) is 1.07. The Morgan fingerprint density at radius 1 is 1.53 bits per heavy atom. The van der Waals surface area contributed by atoms with Crippen LogP contribution in [0, 0.1) is 0 Å². The van der Waals surface area contributed by atoms with Gasteiger partial charge in [0.15, 0.2) is 5.69 Å². The maximum absolute atomic E-state index is 11.2. The molecule has 0 spiro atoms. The quantitative estimate of drug-likeness (QED) is 0.522. The van der Waals surface area contributed by atoms with Crippen LogP contribution in [0.5, 0.6) is 0 Å². The topological polar surface area (TPSA) is 113 Å². The first-order valence-corrected chi connectivity index (χ1v) is 5.28. The number of carbonyl (C=O) groups excluding carboxylic acids is 1. The van der Waals surface area contributed by atoms with Gasteiger partial charge >= 0.3 is 0 Å². The number of carbonyl (C=O) groups is 1. The van der Waals surface area contributed by atoms with Crippen molar-refractivity contribution >= 4 is 11.7 Å². The zero-order chi connectivity index (χ0) is 12.8. The van der Waals surface area contributed by atoms with Gasteiger partial charge < -0.3 is 21.5 Å². The molecular formula is C10H17N5O2. The fraction of sp³-hybridized carbons (Fsp3) is 0.500. The lowest BCUT2D eigenvalue weighted by molar-refractivity contribution is 0.0957. The number of hydrogen-bond donors (Lipinski definition) is 4. The molecule has 0 aliphatic rings. The summed E-state index contributed by atoms with van der Waals surface area (Å²) >= 11 is 0. The van der Waals surface area contributed by atoms with Gasteiger partial charge in [0, 0.05) is 19.6 Å². The summed E-state index contributed by atoms with van der Waals surface area (Å²) in [6.45, 7) is 2.00. The number of hydrogen-bond acceptors (Lipinski definition) is 6. The number of nitrogens with one attached hydrogen (secondary N) is 2. The normalized spacial score (nSPS) is 13.9. The van der Waals surface area contributed by atoms with Crippen molar-refractivity contribution in [2.45, 2.75) is 19.1 Å². The molecule has 5 N–H and O–H groups in total. The summed E-state index contributed by atoms with van der Waals surface area (Å²) in [6, 6.07) is 2.81. The summed E-state index contributed by atoms with van der Waals surface area (Å²) in [5.41, 5.74) is 5.89. The van der Waals surface area contributed by atoms with Crippen molar-refractivity contribution in [2.24, 2.45) is 5.73 Å². The van der Waals surface area contributed by atoms with Crippen molar-refractivity contribution in [2.75, 3.05) is 18.9 Å². The number of aromatic nitrogens is 2. The number of nitrogens with two attached hydrogens (primary N) is 1. The van der Waals surface area contributed by atoms with Crippen LogP contribution in [0.15, 0.2) is 12.1 Å². The van der Waals surface area contributed by atoms with E-state index in [0.717, 1.165) is 0 Å². The molecule has 7 nitrogen and oxygen atoms in total. The third-order valence-electron chi connectivity index (χ3n) is 2.26. The average Bonchev–Trinajstić information content (AvgIpc) is 2.35. The minimum atomic E-state index is -0.597. The second kappa shape index (κ2) is 6.12. The molecule has 1 aromatic rings. The summed E-state index contributed by atoms with van der Waals surface area (Å²) in [5, 5.41) is 22.1. The van der Waals surface area contributed by atoms with Gasteiger partial charge in [0.25, 0.3) is 5.91 Å². The molecule has 0 radical (unpaired) electrons. The summed E-state index contributed by atoms with van der Waals surface area (Å²) in [5.74, 6) is 0.221. The number of amides is 1. The van der Waals surface area contributed by atoms with Gasteiger partial charge in [-0.2, -0.15) is 0 Å². The Kier molecular flexibility index (Phi) is 4.80. The first kappa shape index (κ1) is 13.3. The van der Waals surface area contributed by atoms with Gasteiger partial charge in [-0.15, -0.1) is 10.2 Å². The van der Waals surface area contributed by atoms with E-state index in [4.69, 9.17) is 5.73 Å². The Hall–Kier alpha value is -1.73. The summed E-state index contributed by atoms with van der Waals surface area (Å²) in [7, 11) is 1.53. The van der Waals surface area contributed by atoms with Gasteiger partial charge in [-0.05, 0) is 19.1 Å². The first-order valence-electron chi connectivity index (χ1n) is 5.28. The molecule has 0 aliphatic carbocycles. The Labute approximate surface area is 99.4 Å². The number of aliphatic hydroxyl groups is 1. The zero-order valence-corrected chi connectivity index (χ0v) is 9.84. The third kappa shape index (κ3) is 3.97. The predicted octanol–water partition coefficient (Wildman–Crippen LogP) is -1.04. The van der Waals surface area contributed by atoms with E-state index in [-0.39, 0.29) is 17.6 Å². The molecule has 7 heteroatoms. The van der Waals surface area contributed by atoms with Crippen molar-refractivity contribution in [1.82, 2.24) is 15.5 Å². The van der Waals surface area contributed by atoms with Crippen LogP contribution in [0.25, 0.3) is 0 Å². The van der Waals surface area contributed by atoms with E-state index in [9.17, 15) is 9.90 Å². The van der Waals surface area contributed by atoms with Gasteiger partial charge in [-0.3, -0.25) is 4.79 Å². The highest BCUT2D eigenvalue weighted by atomic mass is 16.3. The highest BCUT2D eigenvalue weighted by Crippen LogP contribution is 2.02. The molecule has 1 heterocycles. The van der Waals surface area contributed by atoms with Crippen LogP contribution in [0.2, 0.25) is 0 Å². The Bertz CT molecular complexity index is 365. The van der Waals surface area contributed by atoms with E-state index < -0.39 is 6.10 Å². The molecule has 0 aromatic carbocycles. The van der Waals surface area contributed by atoms with Gasteiger partial charge in [-0.25, -0.2) is 0 Å². The van der Waals surface area contributed by atoms with Crippen molar-refractivity contribution in [3.63, 3.8) is 0 Å². The molecule has 0 bridgehead atoms. The number of anilines is 1. The largest absolute Gasteiger partial charge is 0.392 e. The SMILES string of the molecule is CNC(=O)c1ccc(NCC(N)C(C)O)nn1. The lowest BCUT2D eigenvalue weighted by Gasteiger charge is -2.15. The van der Waals surface area contributed by atoms with Crippen molar-refractivity contribution in [3.05, 3.63) is 17.8 Å². The standard InChI is InChI=1S/C10H17N5O2/c1-6(16)7(11)5-13-9-4-3-8(14-15-9)10(17)12-2/h3-4,6-7,16H,5,11H2,1-2H3,(H,12,17)(H,13,15).